The zero-order valence-corrected chi connectivity index (χ0v) is 10.8. The fourth-order valence-electron chi connectivity index (χ4n) is 1.38. The van der Waals surface area contributed by atoms with E-state index in [1.54, 1.807) is 0 Å². The van der Waals surface area contributed by atoms with E-state index >= 15 is 0 Å². The van der Waals surface area contributed by atoms with Crippen molar-refractivity contribution in [3.05, 3.63) is 28.7 Å². The Balaban J connectivity index is 0.00000112. The highest BCUT2D eigenvalue weighted by Crippen LogP contribution is 2.13. The molecule has 82 valence electrons. The maximum absolute atomic E-state index is 4.15. The van der Waals surface area contributed by atoms with Crippen LogP contribution in [0.15, 0.2) is 39.2 Å². The van der Waals surface area contributed by atoms with Crippen LogP contribution in [0.3, 0.4) is 0 Å². The number of halogens is 2. The van der Waals surface area contributed by atoms with Crippen LogP contribution in [-0.2, 0) is 0 Å². The van der Waals surface area contributed by atoms with Crippen molar-refractivity contribution in [2.24, 2.45) is 10.4 Å². The van der Waals surface area contributed by atoms with Gasteiger partial charge in [-0.15, -0.1) is 5.01 Å². The summed E-state index contributed by atoms with van der Waals surface area (Å²) in [5.74, 6) is 0. The van der Waals surface area contributed by atoms with Crippen LogP contribution in [-0.4, -0.2) is 18.2 Å². The van der Waals surface area contributed by atoms with E-state index in [1.807, 2.05) is 36.3 Å². The molecule has 1 aromatic carbocycles. The number of rotatable bonds is 1. The van der Waals surface area contributed by atoms with E-state index in [4.69, 9.17) is 0 Å². The number of quaternary nitrogens is 1. The van der Waals surface area contributed by atoms with Gasteiger partial charge in [0.25, 0.3) is 0 Å². The molecule has 2 unspecified atom stereocenters. The zero-order chi connectivity index (χ0) is 10.1. The minimum Gasteiger partial charge on any atom is -1.00 e. The summed E-state index contributed by atoms with van der Waals surface area (Å²) in [6.45, 7) is 2.09. The first-order chi connectivity index (χ1) is 6.68. The van der Waals surface area contributed by atoms with Crippen molar-refractivity contribution in [2.45, 2.75) is 13.1 Å². The van der Waals surface area contributed by atoms with Crippen molar-refractivity contribution >= 4 is 21.6 Å². The fourth-order valence-corrected chi connectivity index (χ4v) is 1.64. The second-order valence-electron chi connectivity index (χ2n) is 3.33. The van der Waals surface area contributed by atoms with Crippen LogP contribution in [0.4, 0.5) is 5.69 Å². The molecule has 1 aliphatic rings. The van der Waals surface area contributed by atoms with Crippen LogP contribution < -0.4 is 17.4 Å². The van der Waals surface area contributed by atoms with Gasteiger partial charge in [-0.3, -0.25) is 0 Å². The van der Waals surface area contributed by atoms with Crippen LogP contribution in [0.2, 0.25) is 0 Å². The third kappa shape index (κ3) is 2.48. The topological polar surface area (TPSA) is 32.4 Å². The third-order valence-electron chi connectivity index (χ3n) is 2.39. The zero-order valence-electron chi connectivity index (χ0n) is 8.48. The van der Waals surface area contributed by atoms with E-state index < -0.39 is 0 Å². The first-order valence-corrected chi connectivity index (χ1v) is 5.25. The Morgan fingerprint density at radius 2 is 1.93 bits per heavy atom. The number of benzene rings is 1. The summed E-state index contributed by atoms with van der Waals surface area (Å²) in [4.78, 5) is 0. The Morgan fingerprint density at radius 3 is 2.40 bits per heavy atom. The Morgan fingerprint density at radius 1 is 1.33 bits per heavy atom. The van der Waals surface area contributed by atoms with Gasteiger partial charge >= 0.3 is 0 Å². The summed E-state index contributed by atoms with van der Waals surface area (Å²) < 4.78 is 1.08. The van der Waals surface area contributed by atoms with Gasteiger partial charge in [0.05, 0.1) is 5.22 Å². The summed E-state index contributed by atoms with van der Waals surface area (Å²) in [6.07, 6.45) is 0.260. The first-order valence-electron chi connectivity index (χ1n) is 4.46. The SMILES string of the molecule is CC1N(C)N=N[NH+]1c1ccc(Br)cc1.[Cl-]. The van der Waals surface area contributed by atoms with Crippen LogP contribution in [0.25, 0.3) is 0 Å². The highest BCUT2D eigenvalue weighted by molar-refractivity contribution is 9.10. The van der Waals surface area contributed by atoms with E-state index in [2.05, 4.69) is 33.3 Å². The van der Waals surface area contributed by atoms with E-state index in [1.165, 1.54) is 0 Å². The maximum atomic E-state index is 4.15. The molecule has 2 atom stereocenters. The number of hydrogen-bond acceptors (Lipinski definition) is 3. The summed E-state index contributed by atoms with van der Waals surface area (Å²) in [7, 11) is 1.93. The molecule has 6 heteroatoms. The molecule has 0 radical (unpaired) electrons. The monoisotopic (exact) mass is 290 g/mol. The van der Waals surface area contributed by atoms with Gasteiger partial charge in [-0.2, -0.15) is 0 Å². The largest absolute Gasteiger partial charge is 1.00 e. The molecular formula is C9H12BrClN4. The van der Waals surface area contributed by atoms with Crippen molar-refractivity contribution in [1.82, 2.24) is 5.01 Å². The molecule has 4 nitrogen and oxygen atoms in total. The van der Waals surface area contributed by atoms with E-state index in [0.717, 1.165) is 15.2 Å². The molecule has 0 saturated carbocycles. The van der Waals surface area contributed by atoms with Gasteiger partial charge in [-0.1, -0.05) is 15.9 Å². The lowest BCUT2D eigenvalue weighted by atomic mass is 10.3. The van der Waals surface area contributed by atoms with Crippen LogP contribution in [0.1, 0.15) is 6.92 Å². The van der Waals surface area contributed by atoms with Crippen molar-refractivity contribution in [3.8, 4) is 0 Å². The van der Waals surface area contributed by atoms with Crippen molar-refractivity contribution < 1.29 is 17.4 Å². The summed E-state index contributed by atoms with van der Waals surface area (Å²) in [6, 6.07) is 8.13. The second-order valence-corrected chi connectivity index (χ2v) is 4.25. The van der Waals surface area contributed by atoms with Crippen LogP contribution in [0, 0.1) is 0 Å². The molecule has 2 rings (SSSR count). The molecule has 0 bridgehead atoms. The second kappa shape index (κ2) is 4.92. The fraction of sp³-hybridized carbons (Fsp3) is 0.333. The Hall–Kier alpha value is -0.650. The molecule has 0 aromatic heterocycles. The molecule has 0 saturated heterocycles. The molecule has 1 heterocycles. The van der Waals surface area contributed by atoms with Gasteiger partial charge in [0, 0.05) is 30.6 Å². The normalized spacial score (nSPS) is 24.1. The van der Waals surface area contributed by atoms with Gasteiger partial charge in [0.2, 0.25) is 6.17 Å². The Bertz CT molecular complexity index is 354. The first kappa shape index (κ1) is 12.4. The van der Waals surface area contributed by atoms with Crippen LogP contribution >= 0.6 is 15.9 Å². The molecule has 0 amide bonds. The quantitative estimate of drug-likeness (QED) is 0.674. The molecule has 1 N–H and O–H groups in total. The van der Waals surface area contributed by atoms with Gasteiger partial charge < -0.3 is 12.4 Å². The van der Waals surface area contributed by atoms with Gasteiger partial charge in [0.15, 0.2) is 5.69 Å². The van der Waals surface area contributed by atoms with Gasteiger partial charge in [0.1, 0.15) is 0 Å². The molecule has 1 aromatic rings. The molecule has 0 aliphatic carbocycles. The lowest BCUT2D eigenvalue weighted by Crippen LogP contribution is -3.06. The van der Waals surface area contributed by atoms with Gasteiger partial charge in [-0.05, 0) is 17.4 Å². The van der Waals surface area contributed by atoms with Crippen molar-refractivity contribution in [3.63, 3.8) is 0 Å². The third-order valence-corrected chi connectivity index (χ3v) is 2.92. The average molecular weight is 292 g/mol. The highest BCUT2D eigenvalue weighted by Gasteiger charge is 2.29. The van der Waals surface area contributed by atoms with Gasteiger partial charge in [-0.25, -0.2) is 5.01 Å². The smallest absolute Gasteiger partial charge is 0.207 e. The molecule has 15 heavy (non-hydrogen) atoms. The Labute approximate surface area is 103 Å². The number of nitrogens with one attached hydrogen (secondary N) is 1. The minimum absolute atomic E-state index is 0. The maximum Gasteiger partial charge on any atom is 0.207 e. The summed E-state index contributed by atoms with van der Waals surface area (Å²) in [5.41, 5.74) is 1.13. The molecule has 1 aliphatic heterocycles. The highest BCUT2D eigenvalue weighted by atomic mass is 79.9. The Kier molecular flexibility index (Phi) is 4.07. The van der Waals surface area contributed by atoms with Crippen molar-refractivity contribution in [1.29, 1.82) is 0 Å². The summed E-state index contributed by atoms with van der Waals surface area (Å²) >= 11 is 3.41. The predicted octanol–water partition coefficient (Wildman–Crippen LogP) is -1.46. The lowest BCUT2D eigenvalue weighted by molar-refractivity contribution is -0.868. The van der Waals surface area contributed by atoms with E-state index in [0.29, 0.717) is 0 Å². The minimum atomic E-state index is 0. The number of hydrogen-bond donors (Lipinski definition) is 1. The van der Waals surface area contributed by atoms with E-state index in [-0.39, 0.29) is 18.6 Å². The van der Waals surface area contributed by atoms with Crippen molar-refractivity contribution in [2.75, 3.05) is 7.05 Å². The lowest BCUT2D eigenvalue weighted by Gasteiger charge is -2.15. The standard InChI is InChI=1S/C9H11BrN4.ClH/c1-7-13(2)11-12-14(7)9-5-3-8(10)4-6-9;/h3-7H,1-2H3;1H. The average Bonchev–Trinajstić information content (AvgIpc) is 2.50. The van der Waals surface area contributed by atoms with E-state index in [9.17, 15) is 0 Å². The summed E-state index contributed by atoms with van der Waals surface area (Å²) in [5, 5.41) is 11.0. The predicted molar refractivity (Wildman–Crippen MR) is 56.8 cm³/mol. The molecule has 0 spiro atoms. The molecule has 0 fully saturated rings. The number of nitrogens with zero attached hydrogens (tertiary/aromatic N) is 3. The van der Waals surface area contributed by atoms with Crippen LogP contribution in [0.5, 0.6) is 0 Å². The molecular weight excluding hydrogens is 279 g/mol.